The smallest absolute Gasteiger partial charge is 0.296 e. The molecule has 2 N–H and O–H groups in total. The second kappa shape index (κ2) is 5.34. The average Bonchev–Trinajstić information content (AvgIpc) is 2.41. The number of pyridine rings is 1. The molecule has 1 aromatic heterocycles. The number of hydrogen-bond acceptors (Lipinski definition) is 5. The van der Waals surface area contributed by atoms with Crippen LogP contribution in [0.15, 0.2) is 42.6 Å². The zero-order valence-corrected chi connectivity index (χ0v) is 10.3. The van der Waals surface area contributed by atoms with Crippen molar-refractivity contribution < 1.29 is 10.0 Å². The highest BCUT2D eigenvalue weighted by atomic mass is 16.6. The lowest BCUT2D eigenvalue weighted by atomic mass is 10.2. The van der Waals surface area contributed by atoms with Crippen molar-refractivity contribution >= 4 is 11.4 Å². The number of nitro groups is 1. The number of nitrogens with one attached hydrogen (secondary N) is 1. The molecule has 0 aliphatic rings. The first-order chi connectivity index (χ1) is 9.08. The summed E-state index contributed by atoms with van der Waals surface area (Å²) in [5.41, 5.74) is 0.966. The highest BCUT2D eigenvalue weighted by Gasteiger charge is 2.17. The first-order valence-electron chi connectivity index (χ1n) is 5.73. The summed E-state index contributed by atoms with van der Waals surface area (Å²) < 4.78 is 0. The molecule has 0 bridgehead atoms. The van der Waals surface area contributed by atoms with Gasteiger partial charge in [-0.05, 0) is 31.2 Å². The molecule has 1 atom stereocenters. The maximum absolute atomic E-state index is 10.9. The molecular formula is C13H13N3O3. The summed E-state index contributed by atoms with van der Waals surface area (Å²) in [7, 11) is 0. The van der Waals surface area contributed by atoms with Crippen molar-refractivity contribution in [2.75, 3.05) is 5.32 Å². The summed E-state index contributed by atoms with van der Waals surface area (Å²) in [5, 5.41) is 23.2. The van der Waals surface area contributed by atoms with Crippen LogP contribution < -0.4 is 5.32 Å². The van der Waals surface area contributed by atoms with Crippen molar-refractivity contribution in [3.05, 3.63) is 58.4 Å². The summed E-state index contributed by atoms with van der Waals surface area (Å²) in [6.45, 7) is 1.86. The maximum Gasteiger partial charge on any atom is 0.296 e. The molecule has 0 aliphatic heterocycles. The Hall–Kier alpha value is -2.63. The van der Waals surface area contributed by atoms with Crippen LogP contribution in [-0.4, -0.2) is 15.0 Å². The van der Waals surface area contributed by atoms with Gasteiger partial charge < -0.3 is 10.4 Å². The van der Waals surface area contributed by atoms with Crippen LogP contribution in [0.3, 0.4) is 0 Å². The summed E-state index contributed by atoms with van der Waals surface area (Å²) >= 11 is 0. The van der Waals surface area contributed by atoms with Gasteiger partial charge in [-0.2, -0.15) is 0 Å². The fraction of sp³-hybridized carbons (Fsp3) is 0.154. The Morgan fingerprint density at radius 1 is 1.37 bits per heavy atom. The van der Waals surface area contributed by atoms with Gasteiger partial charge in [-0.15, -0.1) is 0 Å². The third-order valence-electron chi connectivity index (χ3n) is 2.68. The Morgan fingerprint density at radius 3 is 2.79 bits per heavy atom. The molecular weight excluding hydrogens is 246 g/mol. The largest absolute Gasteiger partial charge is 0.508 e. The van der Waals surface area contributed by atoms with Crippen LogP contribution in [0.5, 0.6) is 5.75 Å². The number of phenols is 1. The van der Waals surface area contributed by atoms with Crippen LogP contribution in [0.4, 0.5) is 11.4 Å². The van der Waals surface area contributed by atoms with Gasteiger partial charge in [0.05, 0.1) is 22.7 Å². The third-order valence-corrected chi connectivity index (χ3v) is 2.68. The zero-order chi connectivity index (χ0) is 13.8. The van der Waals surface area contributed by atoms with Crippen LogP contribution in [0, 0.1) is 10.1 Å². The molecule has 1 heterocycles. The van der Waals surface area contributed by atoms with Crippen LogP contribution >= 0.6 is 0 Å². The summed E-state index contributed by atoms with van der Waals surface area (Å²) in [5.74, 6) is -0.136. The van der Waals surface area contributed by atoms with E-state index in [-0.39, 0.29) is 17.5 Å². The van der Waals surface area contributed by atoms with E-state index in [9.17, 15) is 15.2 Å². The Bertz CT molecular complexity index is 587. The van der Waals surface area contributed by atoms with Gasteiger partial charge in [-0.3, -0.25) is 15.1 Å². The molecule has 1 aromatic carbocycles. The fourth-order valence-electron chi connectivity index (χ4n) is 1.73. The van der Waals surface area contributed by atoms with Crippen molar-refractivity contribution in [1.29, 1.82) is 0 Å². The highest BCUT2D eigenvalue weighted by molar-refractivity contribution is 5.64. The number of aromatic nitrogens is 1. The SMILES string of the molecule is CC(Nc1ccc(O)cc1[N+](=O)[O-])c1ccccn1. The van der Waals surface area contributed by atoms with E-state index in [0.717, 1.165) is 11.8 Å². The molecule has 0 radical (unpaired) electrons. The van der Waals surface area contributed by atoms with Crippen LogP contribution in [0.1, 0.15) is 18.7 Å². The van der Waals surface area contributed by atoms with Gasteiger partial charge >= 0.3 is 0 Å². The predicted octanol–water partition coefficient (Wildman–Crippen LogP) is 2.87. The van der Waals surface area contributed by atoms with Crippen LogP contribution in [-0.2, 0) is 0 Å². The minimum atomic E-state index is -0.535. The van der Waals surface area contributed by atoms with Gasteiger partial charge in [-0.1, -0.05) is 6.07 Å². The van der Waals surface area contributed by atoms with Crippen LogP contribution in [0.2, 0.25) is 0 Å². The number of nitrogens with zero attached hydrogens (tertiary/aromatic N) is 2. The lowest BCUT2D eigenvalue weighted by Crippen LogP contribution is -2.09. The number of phenolic OH excluding ortho intramolecular Hbond substituents is 1. The normalized spacial score (nSPS) is 11.8. The van der Waals surface area contributed by atoms with E-state index >= 15 is 0 Å². The van der Waals surface area contributed by atoms with Gasteiger partial charge in [-0.25, -0.2) is 0 Å². The Labute approximate surface area is 109 Å². The Morgan fingerprint density at radius 2 is 2.16 bits per heavy atom. The Balaban J connectivity index is 2.26. The van der Waals surface area contributed by atoms with Crippen LogP contribution in [0.25, 0.3) is 0 Å². The van der Waals surface area contributed by atoms with E-state index in [1.54, 1.807) is 12.3 Å². The molecule has 19 heavy (non-hydrogen) atoms. The van der Waals surface area contributed by atoms with Gasteiger partial charge in [0.25, 0.3) is 5.69 Å². The van der Waals surface area contributed by atoms with Crippen molar-refractivity contribution in [2.45, 2.75) is 13.0 Å². The molecule has 0 amide bonds. The molecule has 1 unspecified atom stereocenters. The van der Waals surface area contributed by atoms with Crippen molar-refractivity contribution in [3.63, 3.8) is 0 Å². The van der Waals surface area contributed by atoms with E-state index in [1.807, 2.05) is 19.1 Å². The number of hydrogen-bond donors (Lipinski definition) is 2. The molecule has 0 saturated carbocycles. The monoisotopic (exact) mass is 259 g/mol. The molecule has 2 aromatic rings. The number of anilines is 1. The first kappa shape index (κ1) is 12.8. The minimum absolute atomic E-state index is 0.136. The zero-order valence-electron chi connectivity index (χ0n) is 10.3. The average molecular weight is 259 g/mol. The number of rotatable bonds is 4. The maximum atomic E-state index is 10.9. The Kier molecular flexibility index (Phi) is 3.61. The first-order valence-corrected chi connectivity index (χ1v) is 5.73. The van der Waals surface area contributed by atoms with E-state index in [2.05, 4.69) is 10.3 Å². The fourth-order valence-corrected chi connectivity index (χ4v) is 1.73. The van der Waals surface area contributed by atoms with Gasteiger partial charge in [0.2, 0.25) is 0 Å². The van der Waals surface area contributed by atoms with Crippen molar-refractivity contribution in [2.24, 2.45) is 0 Å². The van der Waals surface area contributed by atoms with E-state index in [0.29, 0.717) is 5.69 Å². The molecule has 0 fully saturated rings. The highest BCUT2D eigenvalue weighted by Crippen LogP contribution is 2.30. The minimum Gasteiger partial charge on any atom is -0.508 e. The van der Waals surface area contributed by atoms with E-state index < -0.39 is 4.92 Å². The molecule has 6 nitrogen and oxygen atoms in total. The molecule has 0 saturated heterocycles. The van der Waals surface area contributed by atoms with Gasteiger partial charge in [0.1, 0.15) is 11.4 Å². The predicted molar refractivity (Wildman–Crippen MR) is 71.0 cm³/mol. The molecule has 0 spiro atoms. The van der Waals surface area contributed by atoms with E-state index in [1.165, 1.54) is 12.1 Å². The lowest BCUT2D eigenvalue weighted by molar-refractivity contribution is -0.384. The molecule has 2 rings (SSSR count). The number of nitro benzene ring substituents is 1. The topological polar surface area (TPSA) is 88.3 Å². The van der Waals surface area contributed by atoms with Crippen molar-refractivity contribution in [3.8, 4) is 5.75 Å². The summed E-state index contributed by atoms with van der Waals surface area (Å²) in [6, 6.07) is 9.32. The molecule has 0 aliphatic carbocycles. The second-order valence-corrected chi connectivity index (χ2v) is 4.08. The van der Waals surface area contributed by atoms with Gasteiger partial charge in [0, 0.05) is 6.20 Å². The summed E-state index contributed by atoms with van der Waals surface area (Å²) in [4.78, 5) is 14.6. The third kappa shape index (κ3) is 2.98. The molecule has 98 valence electrons. The number of aromatic hydroxyl groups is 1. The summed E-state index contributed by atoms with van der Waals surface area (Å²) in [6.07, 6.45) is 1.67. The van der Waals surface area contributed by atoms with Crippen molar-refractivity contribution in [1.82, 2.24) is 4.98 Å². The lowest BCUT2D eigenvalue weighted by Gasteiger charge is -2.14. The van der Waals surface area contributed by atoms with E-state index in [4.69, 9.17) is 0 Å². The van der Waals surface area contributed by atoms with Gasteiger partial charge in [0.15, 0.2) is 0 Å². The second-order valence-electron chi connectivity index (χ2n) is 4.08. The molecule has 6 heteroatoms. The quantitative estimate of drug-likeness (QED) is 0.500. The number of benzene rings is 1. The standard InChI is InChI=1S/C13H13N3O3/c1-9(11-4-2-3-7-14-11)15-12-6-5-10(17)8-13(12)16(18)19/h2-9,15,17H,1H3.